The fraction of sp³-hybridized carbons (Fsp3) is 0.111. The number of rotatable bonds is 3. The Morgan fingerprint density at radius 1 is 1.11 bits per heavy atom. The van der Waals surface area contributed by atoms with E-state index in [1.165, 1.54) is 12.1 Å². The lowest BCUT2D eigenvalue weighted by molar-refractivity contribution is -0.155. The molecule has 28 heavy (non-hydrogen) atoms. The molecule has 2 aromatic carbocycles. The zero-order valence-corrected chi connectivity index (χ0v) is 14.6. The molecule has 146 valence electrons. The first-order valence-electron chi connectivity index (χ1n) is 7.76. The van der Waals surface area contributed by atoms with Gasteiger partial charge in [-0.25, -0.2) is 14.0 Å². The van der Waals surface area contributed by atoms with Gasteiger partial charge in [0.25, 0.3) is 0 Å². The van der Waals surface area contributed by atoms with Gasteiger partial charge in [0.05, 0.1) is 10.6 Å². The van der Waals surface area contributed by atoms with Crippen LogP contribution >= 0.6 is 11.6 Å². The van der Waals surface area contributed by atoms with Crippen LogP contribution in [0.3, 0.4) is 0 Å². The number of benzene rings is 2. The number of ether oxygens (including phenoxy) is 1. The van der Waals surface area contributed by atoms with Crippen molar-refractivity contribution in [1.82, 2.24) is 10.3 Å². The van der Waals surface area contributed by atoms with Crippen LogP contribution in [0.2, 0.25) is 5.02 Å². The summed E-state index contributed by atoms with van der Waals surface area (Å²) in [4.78, 5) is 26.8. The smallest absolute Gasteiger partial charge is 0.373 e. The standard InChI is InChI=1S/C18H11ClF4N2O3/c19-12-8-10(1-3-13(12)20)15(18(21,22)23)25-17(27)28-16(26)11-2-4-14-9(7-11)5-6-24-14/h1-8,15,24H,(H,25,27). The van der Waals surface area contributed by atoms with Crippen molar-refractivity contribution in [3.63, 3.8) is 0 Å². The van der Waals surface area contributed by atoms with Crippen LogP contribution in [0.25, 0.3) is 10.9 Å². The molecule has 0 aliphatic heterocycles. The molecule has 0 bridgehead atoms. The van der Waals surface area contributed by atoms with Crippen LogP contribution in [0.15, 0.2) is 48.7 Å². The highest BCUT2D eigenvalue weighted by Crippen LogP contribution is 2.34. The molecule has 1 unspecified atom stereocenters. The maximum Gasteiger partial charge on any atom is 0.415 e. The molecule has 3 aromatic rings. The highest BCUT2D eigenvalue weighted by atomic mass is 35.5. The van der Waals surface area contributed by atoms with Crippen LogP contribution in [-0.4, -0.2) is 23.2 Å². The number of fused-ring (bicyclic) bond motifs is 1. The molecule has 1 heterocycles. The highest BCUT2D eigenvalue weighted by Gasteiger charge is 2.42. The molecule has 1 aromatic heterocycles. The van der Waals surface area contributed by atoms with E-state index in [9.17, 15) is 27.2 Å². The number of aromatic amines is 1. The lowest BCUT2D eigenvalue weighted by Gasteiger charge is -2.21. The first-order valence-corrected chi connectivity index (χ1v) is 8.14. The topological polar surface area (TPSA) is 71.2 Å². The second-order valence-electron chi connectivity index (χ2n) is 5.75. The molecule has 10 heteroatoms. The zero-order valence-electron chi connectivity index (χ0n) is 13.8. The predicted molar refractivity (Wildman–Crippen MR) is 92.5 cm³/mol. The van der Waals surface area contributed by atoms with Gasteiger partial charge in [-0.2, -0.15) is 13.2 Å². The number of alkyl carbamates (subject to hydrolysis) is 1. The van der Waals surface area contributed by atoms with Crippen molar-refractivity contribution in [2.45, 2.75) is 12.2 Å². The van der Waals surface area contributed by atoms with Crippen molar-refractivity contribution in [1.29, 1.82) is 0 Å². The molecule has 2 N–H and O–H groups in total. The van der Waals surface area contributed by atoms with E-state index in [1.807, 2.05) is 0 Å². The van der Waals surface area contributed by atoms with Gasteiger partial charge in [-0.3, -0.25) is 0 Å². The molecule has 0 radical (unpaired) electrons. The molecule has 0 fully saturated rings. The summed E-state index contributed by atoms with van der Waals surface area (Å²) in [6, 6.07) is 5.75. The van der Waals surface area contributed by atoms with Crippen molar-refractivity contribution in [3.05, 3.63) is 70.6 Å². The third-order valence-electron chi connectivity index (χ3n) is 3.84. The van der Waals surface area contributed by atoms with Crippen LogP contribution in [0, 0.1) is 5.82 Å². The summed E-state index contributed by atoms with van der Waals surface area (Å²) >= 11 is 5.50. The van der Waals surface area contributed by atoms with Crippen LogP contribution < -0.4 is 5.32 Å². The summed E-state index contributed by atoms with van der Waals surface area (Å²) in [5.41, 5.74) is 0.194. The number of nitrogens with one attached hydrogen (secondary N) is 2. The highest BCUT2D eigenvalue weighted by molar-refractivity contribution is 6.30. The maximum absolute atomic E-state index is 13.3. The summed E-state index contributed by atoms with van der Waals surface area (Å²) in [6.07, 6.45) is -4.91. The molecule has 0 spiro atoms. The number of alkyl halides is 3. The molecule has 5 nitrogen and oxygen atoms in total. The van der Waals surface area contributed by atoms with Crippen LogP contribution in [-0.2, 0) is 4.74 Å². The third kappa shape index (κ3) is 4.25. The van der Waals surface area contributed by atoms with Crippen molar-refractivity contribution in [3.8, 4) is 0 Å². The summed E-state index contributed by atoms with van der Waals surface area (Å²) in [7, 11) is 0. The zero-order chi connectivity index (χ0) is 20.5. The van der Waals surface area contributed by atoms with Crippen LogP contribution in [0.1, 0.15) is 22.0 Å². The summed E-state index contributed by atoms with van der Waals surface area (Å²) < 4.78 is 57.6. The van der Waals surface area contributed by atoms with Gasteiger partial charge in [-0.1, -0.05) is 17.7 Å². The molecular weight excluding hydrogens is 404 g/mol. The summed E-state index contributed by atoms with van der Waals surface area (Å²) in [5, 5.41) is 1.67. The number of carbonyl (C=O) groups is 2. The van der Waals surface area contributed by atoms with Gasteiger partial charge < -0.3 is 15.0 Å². The van der Waals surface area contributed by atoms with Crippen LogP contribution in [0.4, 0.5) is 22.4 Å². The number of H-pyrrole nitrogens is 1. The summed E-state index contributed by atoms with van der Waals surface area (Å²) in [5.74, 6) is -2.04. The molecule has 1 atom stereocenters. The van der Waals surface area contributed by atoms with E-state index in [2.05, 4.69) is 9.72 Å². The monoisotopic (exact) mass is 414 g/mol. The number of aromatic nitrogens is 1. The Morgan fingerprint density at radius 3 is 2.54 bits per heavy atom. The molecule has 1 amide bonds. The molecule has 3 rings (SSSR count). The van der Waals surface area contributed by atoms with Crippen molar-refractivity contribution < 1.29 is 31.9 Å². The molecule has 0 aliphatic carbocycles. The van der Waals surface area contributed by atoms with E-state index in [1.54, 1.807) is 23.6 Å². The minimum Gasteiger partial charge on any atom is -0.373 e. The van der Waals surface area contributed by atoms with E-state index in [4.69, 9.17) is 11.6 Å². The molecule has 0 saturated heterocycles. The van der Waals surface area contributed by atoms with Gasteiger partial charge >= 0.3 is 18.2 Å². The van der Waals surface area contributed by atoms with Crippen molar-refractivity contribution in [2.24, 2.45) is 0 Å². The fourth-order valence-electron chi connectivity index (χ4n) is 2.52. The van der Waals surface area contributed by atoms with E-state index in [0.29, 0.717) is 5.39 Å². The Kier molecular flexibility index (Phi) is 5.28. The van der Waals surface area contributed by atoms with E-state index < -0.39 is 40.7 Å². The maximum atomic E-state index is 13.3. The fourth-order valence-corrected chi connectivity index (χ4v) is 2.71. The van der Waals surface area contributed by atoms with Gasteiger partial charge in [0.2, 0.25) is 0 Å². The second kappa shape index (κ2) is 7.51. The number of carbonyl (C=O) groups excluding carboxylic acids is 2. The van der Waals surface area contributed by atoms with Crippen LogP contribution in [0.5, 0.6) is 0 Å². The number of halogens is 5. The number of hydrogen-bond acceptors (Lipinski definition) is 3. The second-order valence-corrected chi connectivity index (χ2v) is 6.16. The molecule has 0 saturated carbocycles. The normalized spacial score (nSPS) is 12.6. The number of esters is 1. The SMILES string of the molecule is O=C(NC(c1ccc(F)c(Cl)c1)C(F)(F)F)OC(=O)c1ccc2[nH]ccc2c1. The average molecular weight is 415 g/mol. The Balaban J connectivity index is 1.76. The van der Waals surface area contributed by atoms with Gasteiger partial charge in [0, 0.05) is 17.1 Å². The summed E-state index contributed by atoms with van der Waals surface area (Å²) in [6.45, 7) is 0. The lowest BCUT2D eigenvalue weighted by atomic mass is 10.1. The first kappa shape index (κ1) is 19.7. The van der Waals surface area contributed by atoms with Crippen molar-refractivity contribution in [2.75, 3.05) is 0 Å². The Morgan fingerprint density at radius 2 is 1.86 bits per heavy atom. The average Bonchev–Trinajstić information content (AvgIpc) is 3.09. The molecular formula is C18H11ClF4N2O3. The van der Waals surface area contributed by atoms with E-state index in [-0.39, 0.29) is 5.56 Å². The minimum atomic E-state index is -4.94. The Labute approximate surface area is 160 Å². The number of amides is 1. The van der Waals surface area contributed by atoms with E-state index >= 15 is 0 Å². The third-order valence-corrected chi connectivity index (χ3v) is 4.13. The lowest BCUT2D eigenvalue weighted by Crippen LogP contribution is -2.39. The minimum absolute atomic E-state index is 0.0179. The largest absolute Gasteiger partial charge is 0.415 e. The Hall–Kier alpha value is -3.07. The first-order chi connectivity index (χ1) is 13.1. The van der Waals surface area contributed by atoms with E-state index in [0.717, 1.165) is 23.7 Å². The van der Waals surface area contributed by atoms with Crippen molar-refractivity contribution >= 4 is 34.6 Å². The Bertz CT molecular complexity index is 1050. The van der Waals surface area contributed by atoms with Gasteiger partial charge in [-0.15, -0.1) is 0 Å². The van der Waals surface area contributed by atoms with Gasteiger partial charge in [0.1, 0.15) is 5.82 Å². The molecule has 0 aliphatic rings. The predicted octanol–water partition coefficient (Wildman–Crippen LogP) is 5.13. The van der Waals surface area contributed by atoms with Gasteiger partial charge in [-0.05, 0) is 42.0 Å². The number of hydrogen-bond donors (Lipinski definition) is 2. The quantitative estimate of drug-likeness (QED) is 0.354. The van der Waals surface area contributed by atoms with Gasteiger partial charge in [0.15, 0.2) is 6.04 Å².